The first kappa shape index (κ1) is 9.97. The summed E-state index contributed by atoms with van der Waals surface area (Å²) in [6.07, 6.45) is 0.114. The van der Waals surface area contributed by atoms with Crippen LogP contribution in [0.25, 0.3) is 5.82 Å². The Morgan fingerprint density at radius 1 is 1.40 bits per heavy atom. The molecular weight excluding hydrogens is 226 g/mol. The van der Waals surface area contributed by atoms with Crippen LogP contribution in [0.3, 0.4) is 0 Å². The SMILES string of the molecule is FC(F)c1cc(Cl)n(-c2ccncn2)n1. The lowest BCUT2D eigenvalue weighted by atomic mass is 10.5. The van der Waals surface area contributed by atoms with E-state index >= 15 is 0 Å². The van der Waals surface area contributed by atoms with Gasteiger partial charge in [0.25, 0.3) is 6.43 Å². The zero-order valence-electron chi connectivity index (χ0n) is 7.31. The summed E-state index contributed by atoms with van der Waals surface area (Å²) in [6.45, 7) is 0. The van der Waals surface area contributed by atoms with E-state index < -0.39 is 6.43 Å². The molecule has 0 aliphatic heterocycles. The van der Waals surface area contributed by atoms with Crippen molar-refractivity contribution in [2.45, 2.75) is 6.43 Å². The second-order valence-electron chi connectivity index (χ2n) is 2.67. The zero-order valence-corrected chi connectivity index (χ0v) is 8.07. The average Bonchev–Trinajstić information content (AvgIpc) is 2.62. The minimum Gasteiger partial charge on any atom is -0.245 e. The van der Waals surface area contributed by atoms with E-state index in [1.807, 2.05) is 0 Å². The van der Waals surface area contributed by atoms with E-state index in [1.165, 1.54) is 18.6 Å². The molecule has 0 N–H and O–H groups in total. The van der Waals surface area contributed by atoms with Gasteiger partial charge in [-0.25, -0.2) is 23.4 Å². The van der Waals surface area contributed by atoms with Gasteiger partial charge in [0.05, 0.1) is 0 Å². The van der Waals surface area contributed by atoms with Crippen LogP contribution in [0.15, 0.2) is 24.7 Å². The van der Waals surface area contributed by atoms with E-state index in [9.17, 15) is 8.78 Å². The highest BCUT2D eigenvalue weighted by Crippen LogP contribution is 2.22. The van der Waals surface area contributed by atoms with Crippen LogP contribution in [-0.4, -0.2) is 19.7 Å². The van der Waals surface area contributed by atoms with Crippen molar-refractivity contribution in [3.63, 3.8) is 0 Å². The smallest absolute Gasteiger partial charge is 0.245 e. The summed E-state index contributed by atoms with van der Waals surface area (Å²) in [5.74, 6) is 0.349. The number of rotatable bonds is 2. The first-order chi connectivity index (χ1) is 7.18. The van der Waals surface area contributed by atoms with E-state index in [2.05, 4.69) is 15.1 Å². The Morgan fingerprint density at radius 2 is 2.20 bits per heavy atom. The summed E-state index contributed by atoms with van der Waals surface area (Å²) < 4.78 is 25.7. The number of halogens is 3. The second-order valence-corrected chi connectivity index (χ2v) is 3.06. The predicted molar refractivity (Wildman–Crippen MR) is 49.1 cm³/mol. The maximum absolute atomic E-state index is 12.3. The molecule has 2 aromatic heterocycles. The standard InChI is InChI=1S/C8H5ClF2N4/c9-6-3-5(8(10)11)14-15(6)7-1-2-12-4-13-7/h1-4,8H. The summed E-state index contributed by atoms with van der Waals surface area (Å²) in [4.78, 5) is 7.54. The topological polar surface area (TPSA) is 43.6 Å². The van der Waals surface area contributed by atoms with Crippen LogP contribution >= 0.6 is 11.6 Å². The molecule has 15 heavy (non-hydrogen) atoms. The molecule has 0 fully saturated rings. The third-order valence-corrected chi connectivity index (χ3v) is 1.96. The van der Waals surface area contributed by atoms with Crippen molar-refractivity contribution in [3.8, 4) is 5.82 Å². The highest BCUT2D eigenvalue weighted by Gasteiger charge is 2.15. The first-order valence-corrected chi connectivity index (χ1v) is 4.36. The van der Waals surface area contributed by atoms with Crippen LogP contribution in [0, 0.1) is 0 Å². The van der Waals surface area contributed by atoms with Gasteiger partial charge in [0.1, 0.15) is 17.2 Å². The van der Waals surface area contributed by atoms with Crippen molar-refractivity contribution in [1.82, 2.24) is 19.7 Å². The van der Waals surface area contributed by atoms with E-state index in [-0.39, 0.29) is 10.8 Å². The molecule has 4 nitrogen and oxygen atoms in total. The lowest BCUT2D eigenvalue weighted by molar-refractivity contribution is 0.145. The molecule has 0 radical (unpaired) electrons. The van der Waals surface area contributed by atoms with Crippen LogP contribution < -0.4 is 0 Å². The quantitative estimate of drug-likeness (QED) is 0.795. The van der Waals surface area contributed by atoms with Gasteiger partial charge in [-0.3, -0.25) is 0 Å². The summed E-state index contributed by atoms with van der Waals surface area (Å²) in [7, 11) is 0. The van der Waals surface area contributed by atoms with Gasteiger partial charge in [-0.05, 0) is 0 Å². The first-order valence-electron chi connectivity index (χ1n) is 3.98. The Morgan fingerprint density at radius 3 is 2.73 bits per heavy atom. The number of nitrogens with zero attached hydrogens (tertiary/aromatic N) is 4. The van der Waals surface area contributed by atoms with Gasteiger partial charge in [0.2, 0.25) is 0 Å². The van der Waals surface area contributed by atoms with Crippen LogP contribution in [-0.2, 0) is 0 Å². The summed E-state index contributed by atoms with van der Waals surface area (Å²) in [5, 5.41) is 3.71. The van der Waals surface area contributed by atoms with Crippen LogP contribution in [0.2, 0.25) is 5.15 Å². The Bertz CT molecular complexity index is 457. The average molecular weight is 231 g/mol. The van der Waals surface area contributed by atoms with Gasteiger partial charge < -0.3 is 0 Å². The molecule has 0 saturated carbocycles. The van der Waals surface area contributed by atoms with Gasteiger partial charge in [-0.15, -0.1) is 0 Å². The van der Waals surface area contributed by atoms with Gasteiger partial charge in [-0.2, -0.15) is 5.10 Å². The number of alkyl halides is 2. The molecule has 0 spiro atoms. The van der Waals surface area contributed by atoms with Gasteiger partial charge in [-0.1, -0.05) is 11.6 Å². The van der Waals surface area contributed by atoms with Gasteiger partial charge in [0.15, 0.2) is 5.82 Å². The molecule has 0 aliphatic rings. The minimum atomic E-state index is -2.65. The van der Waals surface area contributed by atoms with Crippen molar-refractivity contribution in [1.29, 1.82) is 0 Å². The molecule has 2 rings (SSSR count). The molecule has 0 bridgehead atoms. The normalized spacial score (nSPS) is 10.9. The van der Waals surface area contributed by atoms with Crippen molar-refractivity contribution >= 4 is 11.6 Å². The van der Waals surface area contributed by atoms with E-state index in [0.717, 1.165) is 10.7 Å². The summed E-state index contributed by atoms with van der Waals surface area (Å²) in [6, 6.07) is 2.63. The molecule has 2 heterocycles. The highest BCUT2D eigenvalue weighted by atomic mass is 35.5. The van der Waals surface area contributed by atoms with Crippen molar-refractivity contribution in [2.75, 3.05) is 0 Å². The van der Waals surface area contributed by atoms with Crippen molar-refractivity contribution in [2.24, 2.45) is 0 Å². The molecule has 0 unspecified atom stereocenters. The van der Waals surface area contributed by atoms with Gasteiger partial charge in [0, 0.05) is 18.3 Å². The molecule has 0 aromatic carbocycles. The van der Waals surface area contributed by atoms with E-state index in [4.69, 9.17) is 11.6 Å². The maximum Gasteiger partial charge on any atom is 0.282 e. The fraction of sp³-hybridized carbons (Fsp3) is 0.125. The molecule has 0 amide bonds. The fourth-order valence-corrected chi connectivity index (χ4v) is 1.29. The Labute approximate surface area is 88.5 Å². The second kappa shape index (κ2) is 3.90. The van der Waals surface area contributed by atoms with E-state index in [0.29, 0.717) is 5.82 Å². The molecule has 7 heteroatoms. The Kier molecular flexibility index (Phi) is 2.59. The third-order valence-electron chi connectivity index (χ3n) is 1.69. The zero-order chi connectivity index (χ0) is 10.8. The molecule has 0 aliphatic carbocycles. The molecule has 78 valence electrons. The monoisotopic (exact) mass is 230 g/mol. The van der Waals surface area contributed by atoms with Gasteiger partial charge >= 0.3 is 0 Å². The Hall–Kier alpha value is -1.56. The minimum absolute atomic E-state index is 0.0870. The number of aromatic nitrogens is 4. The predicted octanol–water partition coefficient (Wildman–Crippen LogP) is 2.25. The van der Waals surface area contributed by atoms with Crippen molar-refractivity contribution < 1.29 is 8.78 Å². The summed E-state index contributed by atoms with van der Waals surface area (Å²) in [5.41, 5.74) is -0.376. The summed E-state index contributed by atoms with van der Waals surface area (Å²) >= 11 is 5.73. The van der Waals surface area contributed by atoms with Crippen LogP contribution in [0.5, 0.6) is 0 Å². The number of hydrogen-bond donors (Lipinski definition) is 0. The van der Waals surface area contributed by atoms with E-state index in [1.54, 1.807) is 0 Å². The Balaban J connectivity index is 2.45. The lowest BCUT2D eigenvalue weighted by Gasteiger charge is -1.99. The molecule has 2 aromatic rings. The maximum atomic E-state index is 12.3. The third kappa shape index (κ3) is 1.94. The molecular formula is C8H5ClF2N4. The fourth-order valence-electron chi connectivity index (χ4n) is 1.05. The van der Waals surface area contributed by atoms with Crippen LogP contribution in [0.4, 0.5) is 8.78 Å². The van der Waals surface area contributed by atoms with Crippen molar-refractivity contribution in [3.05, 3.63) is 35.5 Å². The molecule has 0 atom stereocenters. The van der Waals surface area contributed by atoms with Crippen LogP contribution in [0.1, 0.15) is 12.1 Å². The number of hydrogen-bond acceptors (Lipinski definition) is 3. The molecule has 0 saturated heterocycles. The lowest BCUT2D eigenvalue weighted by Crippen LogP contribution is -2.00. The highest BCUT2D eigenvalue weighted by molar-refractivity contribution is 6.29. The largest absolute Gasteiger partial charge is 0.282 e.